The van der Waals surface area contributed by atoms with Gasteiger partial charge in [-0.15, -0.1) is 0 Å². The van der Waals surface area contributed by atoms with Crippen LogP contribution in [0.15, 0.2) is 23.1 Å². The molecule has 98 valence electrons. The molecule has 0 saturated heterocycles. The van der Waals surface area contributed by atoms with Crippen LogP contribution in [0.5, 0.6) is 5.75 Å². The highest BCUT2D eigenvalue weighted by Gasteiger charge is 2.04. The van der Waals surface area contributed by atoms with E-state index in [2.05, 4.69) is 19.9 Å². The number of nitriles is 1. The molecular formula is C14H20N2O2. The van der Waals surface area contributed by atoms with E-state index in [1.807, 2.05) is 0 Å². The van der Waals surface area contributed by atoms with Gasteiger partial charge in [-0.1, -0.05) is 13.8 Å². The average Bonchev–Trinajstić information content (AvgIpc) is 2.33. The number of aromatic nitrogens is 1. The van der Waals surface area contributed by atoms with Crippen LogP contribution in [0.4, 0.5) is 0 Å². The van der Waals surface area contributed by atoms with Crippen molar-refractivity contribution in [1.82, 2.24) is 4.57 Å². The zero-order valence-electron chi connectivity index (χ0n) is 11.1. The van der Waals surface area contributed by atoms with Crippen molar-refractivity contribution < 1.29 is 4.74 Å². The highest BCUT2D eigenvalue weighted by Crippen LogP contribution is 2.06. The monoisotopic (exact) mass is 248 g/mol. The summed E-state index contributed by atoms with van der Waals surface area (Å²) in [7, 11) is 0. The number of aryl methyl sites for hydroxylation is 1. The Morgan fingerprint density at radius 2 is 2.28 bits per heavy atom. The molecule has 1 aromatic heterocycles. The minimum Gasteiger partial charge on any atom is -0.488 e. The second kappa shape index (κ2) is 7.54. The molecule has 1 heterocycles. The Kier molecular flexibility index (Phi) is 5.99. The molecule has 0 bridgehead atoms. The SMILES string of the molecule is CC(C)CCOc1cccn(CCCC#N)c1=O. The molecule has 1 aromatic rings. The summed E-state index contributed by atoms with van der Waals surface area (Å²) in [6, 6.07) is 5.57. The van der Waals surface area contributed by atoms with Gasteiger partial charge in [0.1, 0.15) is 0 Å². The molecule has 0 saturated carbocycles. The molecule has 0 aliphatic carbocycles. The third-order valence-electron chi connectivity index (χ3n) is 2.63. The number of nitrogens with zero attached hydrogens (tertiary/aromatic N) is 2. The normalized spacial score (nSPS) is 10.3. The number of ether oxygens (including phenoxy) is 1. The second-order valence-electron chi connectivity index (χ2n) is 4.66. The fraction of sp³-hybridized carbons (Fsp3) is 0.571. The second-order valence-corrected chi connectivity index (χ2v) is 4.66. The van der Waals surface area contributed by atoms with Crippen LogP contribution in [0.2, 0.25) is 0 Å². The largest absolute Gasteiger partial charge is 0.488 e. The molecule has 0 aromatic carbocycles. The van der Waals surface area contributed by atoms with Gasteiger partial charge >= 0.3 is 0 Å². The standard InChI is InChI=1S/C14H20N2O2/c1-12(2)7-11-18-13-6-5-10-16(14(13)17)9-4-3-8-15/h5-6,10,12H,3-4,7,9,11H2,1-2H3. The molecule has 0 N–H and O–H groups in total. The van der Waals surface area contributed by atoms with Crippen LogP contribution in [0.25, 0.3) is 0 Å². The van der Waals surface area contributed by atoms with Crippen molar-refractivity contribution in [1.29, 1.82) is 5.26 Å². The topological polar surface area (TPSA) is 55.0 Å². The summed E-state index contributed by atoms with van der Waals surface area (Å²) in [5.74, 6) is 0.960. The van der Waals surface area contributed by atoms with Crippen LogP contribution in [-0.2, 0) is 6.54 Å². The first-order chi connectivity index (χ1) is 8.65. The van der Waals surface area contributed by atoms with Crippen molar-refractivity contribution in [3.05, 3.63) is 28.7 Å². The van der Waals surface area contributed by atoms with Crippen LogP contribution in [0.3, 0.4) is 0 Å². The van der Waals surface area contributed by atoms with Crippen LogP contribution in [0, 0.1) is 17.2 Å². The molecule has 0 fully saturated rings. The Bertz CT molecular complexity index is 458. The molecule has 4 nitrogen and oxygen atoms in total. The van der Waals surface area contributed by atoms with Crippen LogP contribution < -0.4 is 10.3 Å². The number of pyridine rings is 1. The van der Waals surface area contributed by atoms with Gasteiger partial charge < -0.3 is 9.30 Å². The number of hydrogen-bond acceptors (Lipinski definition) is 3. The maximum atomic E-state index is 12.0. The van der Waals surface area contributed by atoms with Crippen molar-refractivity contribution in [2.24, 2.45) is 5.92 Å². The average molecular weight is 248 g/mol. The molecule has 0 unspecified atom stereocenters. The van der Waals surface area contributed by atoms with E-state index in [1.54, 1.807) is 22.9 Å². The Labute approximate surface area is 108 Å². The highest BCUT2D eigenvalue weighted by atomic mass is 16.5. The zero-order valence-corrected chi connectivity index (χ0v) is 11.1. The maximum Gasteiger partial charge on any atom is 0.292 e. The van der Waals surface area contributed by atoms with E-state index in [1.165, 1.54) is 0 Å². The summed E-state index contributed by atoms with van der Waals surface area (Å²) in [6.45, 7) is 5.37. The number of hydrogen-bond donors (Lipinski definition) is 0. The van der Waals surface area contributed by atoms with Crippen molar-refractivity contribution in [2.45, 2.75) is 39.7 Å². The van der Waals surface area contributed by atoms with Crippen LogP contribution in [-0.4, -0.2) is 11.2 Å². The summed E-state index contributed by atoms with van der Waals surface area (Å²) in [6.07, 6.45) is 3.81. The number of unbranched alkanes of at least 4 members (excludes halogenated alkanes) is 1. The lowest BCUT2D eigenvalue weighted by molar-refractivity contribution is 0.283. The summed E-state index contributed by atoms with van der Waals surface area (Å²) in [4.78, 5) is 12.0. The molecule has 0 spiro atoms. The van der Waals surface area contributed by atoms with E-state index in [-0.39, 0.29) is 5.56 Å². The van der Waals surface area contributed by atoms with Gasteiger partial charge in [0, 0.05) is 19.2 Å². The maximum absolute atomic E-state index is 12.0. The Hall–Kier alpha value is -1.76. The predicted molar refractivity (Wildman–Crippen MR) is 70.5 cm³/mol. The van der Waals surface area contributed by atoms with E-state index in [0.29, 0.717) is 37.7 Å². The van der Waals surface area contributed by atoms with Gasteiger partial charge in [-0.25, -0.2) is 0 Å². The third-order valence-corrected chi connectivity index (χ3v) is 2.63. The molecule has 0 radical (unpaired) electrons. The summed E-state index contributed by atoms with van der Waals surface area (Å²) >= 11 is 0. The lowest BCUT2D eigenvalue weighted by atomic mass is 10.1. The molecule has 0 amide bonds. The van der Waals surface area contributed by atoms with E-state index in [0.717, 1.165) is 6.42 Å². The Balaban J connectivity index is 2.61. The van der Waals surface area contributed by atoms with Crippen LogP contribution in [0.1, 0.15) is 33.1 Å². The Morgan fingerprint density at radius 3 is 2.94 bits per heavy atom. The summed E-state index contributed by atoms with van der Waals surface area (Å²) in [5, 5.41) is 8.47. The van der Waals surface area contributed by atoms with Crippen molar-refractivity contribution >= 4 is 0 Å². The van der Waals surface area contributed by atoms with E-state index in [4.69, 9.17) is 10.00 Å². The molecule has 1 rings (SSSR count). The molecular weight excluding hydrogens is 228 g/mol. The van der Waals surface area contributed by atoms with Gasteiger partial charge in [-0.3, -0.25) is 4.79 Å². The van der Waals surface area contributed by atoms with Gasteiger partial charge in [0.05, 0.1) is 12.7 Å². The smallest absolute Gasteiger partial charge is 0.292 e. The van der Waals surface area contributed by atoms with E-state index < -0.39 is 0 Å². The first-order valence-corrected chi connectivity index (χ1v) is 6.34. The molecule has 0 aliphatic heterocycles. The fourth-order valence-corrected chi connectivity index (χ4v) is 1.53. The van der Waals surface area contributed by atoms with Gasteiger partial charge in [0.15, 0.2) is 5.75 Å². The lowest BCUT2D eigenvalue weighted by Gasteiger charge is -2.09. The van der Waals surface area contributed by atoms with Gasteiger partial charge in [-0.2, -0.15) is 5.26 Å². The quantitative estimate of drug-likeness (QED) is 0.697. The van der Waals surface area contributed by atoms with E-state index in [9.17, 15) is 4.79 Å². The summed E-state index contributed by atoms with van der Waals surface area (Å²) in [5.41, 5.74) is -0.112. The molecule has 18 heavy (non-hydrogen) atoms. The first-order valence-electron chi connectivity index (χ1n) is 6.34. The number of rotatable bonds is 7. The minimum absolute atomic E-state index is 0.112. The van der Waals surface area contributed by atoms with E-state index >= 15 is 0 Å². The highest BCUT2D eigenvalue weighted by molar-refractivity contribution is 5.17. The lowest BCUT2D eigenvalue weighted by Crippen LogP contribution is -2.21. The predicted octanol–water partition coefficient (Wildman–Crippen LogP) is 2.58. The zero-order chi connectivity index (χ0) is 13.4. The Morgan fingerprint density at radius 1 is 1.50 bits per heavy atom. The molecule has 0 aliphatic rings. The first kappa shape index (κ1) is 14.3. The van der Waals surface area contributed by atoms with Gasteiger partial charge in [-0.05, 0) is 30.9 Å². The minimum atomic E-state index is -0.112. The van der Waals surface area contributed by atoms with Crippen molar-refractivity contribution in [3.8, 4) is 11.8 Å². The van der Waals surface area contributed by atoms with Gasteiger partial charge in [0.2, 0.25) is 0 Å². The fourth-order valence-electron chi connectivity index (χ4n) is 1.53. The third kappa shape index (κ3) is 4.62. The molecule has 0 atom stereocenters. The van der Waals surface area contributed by atoms with Crippen LogP contribution >= 0.6 is 0 Å². The van der Waals surface area contributed by atoms with Crippen molar-refractivity contribution in [3.63, 3.8) is 0 Å². The molecule has 4 heteroatoms. The van der Waals surface area contributed by atoms with Crippen molar-refractivity contribution in [2.75, 3.05) is 6.61 Å². The summed E-state index contributed by atoms with van der Waals surface area (Å²) < 4.78 is 7.10. The van der Waals surface area contributed by atoms with Gasteiger partial charge in [0.25, 0.3) is 5.56 Å².